The van der Waals surface area contributed by atoms with Gasteiger partial charge in [-0.2, -0.15) is 13.2 Å². The van der Waals surface area contributed by atoms with E-state index in [1.165, 1.54) is 16.8 Å². The molecule has 14 heteroatoms. The lowest BCUT2D eigenvalue weighted by atomic mass is 10.2. The molecular weight excluding hydrogens is 452 g/mol. The molecule has 1 aromatic carbocycles. The van der Waals surface area contributed by atoms with E-state index in [0.29, 0.717) is 27.6 Å². The highest BCUT2D eigenvalue weighted by Crippen LogP contribution is 2.35. The van der Waals surface area contributed by atoms with Crippen LogP contribution < -0.4 is 16.0 Å². The van der Waals surface area contributed by atoms with Gasteiger partial charge in [0, 0.05) is 25.7 Å². The molecule has 0 spiro atoms. The molecular formula is C16H13Cl2F3N6O3. The maximum Gasteiger partial charge on any atom is 0.431 e. The van der Waals surface area contributed by atoms with Gasteiger partial charge in [0.25, 0.3) is 5.56 Å². The molecule has 0 radical (unpaired) electrons. The summed E-state index contributed by atoms with van der Waals surface area (Å²) in [5.74, 6) is 0.358. The predicted octanol–water partition coefficient (Wildman–Crippen LogP) is 2.45. The Balaban J connectivity index is 2.07. The van der Waals surface area contributed by atoms with Gasteiger partial charge in [-0.1, -0.05) is 23.2 Å². The Hall–Kier alpha value is -2.86. The summed E-state index contributed by atoms with van der Waals surface area (Å²) in [6.45, 7) is 2.19. The molecule has 0 fully saturated rings. The van der Waals surface area contributed by atoms with Gasteiger partial charge >= 0.3 is 11.9 Å². The van der Waals surface area contributed by atoms with E-state index >= 15 is 0 Å². The molecule has 0 atom stereocenters. The van der Waals surface area contributed by atoms with Crippen LogP contribution in [0.15, 0.2) is 27.8 Å². The van der Waals surface area contributed by atoms with Crippen LogP contribution in [0.4, 0.5) is 13.2 Å². The van der Waals surface area contributed by atoms with E-state index in [1.807, 2.05) is 6.92 Å². The first-order chi connectivity index (χ1) is 14.0. The minimum absolute atomic E-state index is 0.0151. The largest absolute Gasteiger partial charge is 0.484 e. The van der Waals surface area contributed by atoms with Gasteiger partial charge in [0.05, 0.1) is 10.7 Å². The SMILES string of the molecule is CCn1nnnc1COc1cc(-n2c(=O)cc(C(F)(F)F)n(C)c2=O)cc(Cl)c1Cl. The molecule has 0 aliphatic carbocycles. The second kappa shape index (κ2) is 8.11. The molecule has 0 aliphatic rings. The molecule has 30 heavy (non-hydrogen) atoms. The second-order valence-electron chi connectivity index (χ2n) is 5.98. The summed E-state index contributed by atoms with van der Waals surface area (Å²) in [4.78, 5) is 24.8. The fourth-order valence-corrected chi connectivity index (χ4v) is 3.00. The fourth-order valence-electron chi connectivity index (χ4n) is 2.63. The maximum absolute atomic E-state index is 13.0. The zero-order chi connectivity index (χ0) is 22.2. The van der Waals surface area contributed by atoms with E-state index in [2.05, 4.69) is 15.5 Å². The van der Waals surface area contributed by atoms with Gasteiger partial charge in [0.2, 0.25) is 0 Å². The quantitative estimate of drug-likeness (QED) is 0.575. The third-order valence-corrected chi connectivity index (χ3v) is 4.90. The number of alkyl halides is 3. The topological polar surface area (TPSA) is 96.8 Å². The molecule has 2 heterocycles. The highest BCUT2D eigenvalue weighted by Gasteiger charge is 2.35. The normalized spacial score (nSPS) is 11.7. The lowest BCUT2D eigenvalue weighted by Gasteiger charge is -2.15. The van der Waals surface area contributed by atoms with Crippen molar-refractivity contribution >= 4 is 23.2 Å². The number of ether oxygens (including phenoxy) is 1. The molecule has 0 N–H and O–H groups in total. The van der Waals surface area contributed by atoms with Crippen LogP contribution in [0, 0.1) is 0 Å². The first-order valence-electron chi connectivity index (χ1n) is 8.32. The van der Waals surface area contributed by atoms with Crippen molar-refractivity contribution in [3.63, 3.8) is 0 Å². The van der Waals surface area contributed by atoms with E-state index in [9.17, 15) is 22.8 Å². The standard InChI is InChI=1S/C16H13Cl2F3N6O3/c1-3-26-12(22-23-24-26)7-30-10-5-8(4-9(17)14(10)18)27-13(28)6-11(16(19,20)21)25(2)15(27)29/h4-6H,3,7H2,1-2H3. The van der Waals surface area contributed by atoms with Gasteiger partial charge in [0.1, 0.15) is 23.1 Å². The van der Waals surface area contributed by atoms with E-state index < -0.39 is 23.1 Å². The van der Waals surface area contributed by atoms with E-state index in [1.54, 1.807) is 0 Å². The monoisotopic (exact) mass is 464 g/mol. The highest BCUT2D eigenvalue weighted by atomic mass is 35.5. The van der Waals surface area contributed by atoms with Crippen molar-refractivity contribution in [3.05, 3.63) is 60.6 Å². The number of aryl methyl sites for hydroxylation is 1. The number of halogens is 5. The Bertz CT molecular complexity index is 1220. The molecule has 0 saturated heterocycles. The third-order valence-electron chi connectivity index (χ3n) is 4.11. The fraction of sp³-hybridized carbons (Fsp3) is 0.312. The lowest BCUT2D eigenvalue weighted by molar-refractivity contribution is -0.144. The number of rotatable bonds is 5. The Labute approximate surface area is 176 Å². The van der Waals surface area contributed by atoms with E-state index in [-0.39, 0.29) is 28.1 Å². The number of benzene rings is 1. The summed E-state index contributed by atoms with van der Waals surface area (Å²) < 4.78 is 47.0. The summed E-state index contributed by atoms with van der Waals surface area (Å²) in [5.41, 5.74) is -3.90. The number of tetrazole rings is 1. The Morgan fingerprint density at radius 1 is 1.17 bits per heavy atom. The van der Waals surface area contributed by atoms with Crippen molar-refractivity contribution in [2.24, 2.45) is 7.05 Å². The summed E-state index contributed by atoms with van der Waals surface area (Å²) in [7, 11) is 0.903. The van der Waals surface area contributed by atoms with Crippen molar-refractivity contribution in [1.82, 2.24) is 29.3 Å². The molecule has 0 saturated carbocycles. The Morgan fingerprint density at radius 2 is 1.87 bits per heavy atom. The average Bonchev–Trinajstić information content (AvgIpc) is 3.13. The molecule has 9 nitrogen and oxygen atoms in total. The molecule has 3 aromatic rings. The molecule has 3 rings (SSSR count). The third kappa shape index (κ3) is 4.05. The molecule has 2 aromatic heterocycles. The summed E-state index contributed by atoms with van der Waals surface area (Å²) in [5, 5.41) is 11.0. The lowest BCUT2D eigenvalue weighted by Crippen LogP contribution is -2.40. The van der Waals surface area contributed by atoms with E-state index in [0.717, 1.165) is 7.05 Å². The van der Waals surface area contributed by atoms with Gasteiger partial charge in [-0.15, -0.1) is 5.10 Å². The van der Waals surface area contributed by atoms with Crippen LogP contribution in [0.5, 0.6) is 5.75 Å². The van der Waals surface area contributed by atoms with Gasteiger partial charge < -0.3 is 4.74 Å². The van der Waals surface area contributed by atoms with Gasteiger partial charge in [-0.25, -0.2) is 14.0 Å². The average molecular weight is 465 g/mol. The number of hydrogen-bond acceptors (Lipinski definition) is 6. The van der Waals surface area contributed by atoms with Crippen molar-refractivity contribution in [2.45, 2.75) is 26.3 Å². The van der Waals surface area contributed by atoms with Crippen molar-refractivity contribution in [3.8, 4) is 11.4 Å². The zero-order valence-corrected chi connectivity index (χ0v) is 17.0. The van der Waals surface area contributed by atoms with Crippen molar-refractivity contribution < 1.29 is 17.9 Å². The van der Waals surface area contributed by atoms with Crippen molar-refractivity contribution in [1.29, 1.82) is 0 Å². The van der Waals surface area contributed by atoms with Gasteiger partial charge in [-0.05, 0) is 23.4 Å². The number of hydrogen-bond donors (Lipinski definition) is 0. The number of nitrogens with zero attached hydrogens (tertiary/aromatic N) is 6. The second-order valence-corrected chi connectivity index (χ2v) is 6.77. The number of aromatic nitrogens is 6. The zero-order valence-electron chi connectivity index (χ0n) is 15.4. The summed E-state index contributed by atoms with van der Waals surface area (Å²) in [6.07, 6.45) is -4.87. The summed E-state index contributed by atoms with van der Waals surface area (Å²) in [6, 6.07) is 2.70. The first kappa shape index (κ1) is 21.8. The maximum atomic E-state index is 13.0. The molecule has 0 aliphatic heterocycles. The Kier molecular flexibility index (Phi) is 5.90. The molecule has 160 valence electrons. The molecule has 0 amide bonds. The van der Waals surface area contributed by atoms with Crippen LogP contribution in [0.3, 0.4) is 0 Å². The summed E-state index contributed by atoms with van der Waals surface area (Å²) >= 11 is 12.2. The molecule has 0 unspecified atom stereocenters. The smallest absolute Gasteiger partial charge is 0.431 e. The van der Waals surface area contributed by atoms with Crippen LogP contribution in [-0.4, -0.2) is 29.3 Å². The minimum Gasteiger partial charge on any atom is -0.484 e. The van der Waals surface area contributed by atoms with Crippen molar-refractivity contribution in [2.75, 3.05) is 0 Å². The highest BCUT2D eigenvalue weighted by molar-refractivity contribution is 6.43. The van der Waals surface area contributed by atoms with Crippen LogP contribution in [0.1, 0.15) is 18.4 Å². The minimum atomic E-state index is -4.87. The van der Waals surface area contributed by atoms with Crippen LogP contribution in [-0.2, 0) is 26.4 Å². The first-order valence-corrected chi connectivity index (χ1v) is 9.07. The molecule has 0 bridgehead atoms. The van der Waals surface area contributed by atoms with Crippen LogP contribution in [0.25, 0.3) is 5.69 Å². The Morgan fingerprint density at radius 3 is 2.50 bits per heavy atom. The van der Waals surface area contributed by atoms with Crippen LogP contribution >= 0.6 is 23.2 Å². The predicted molar refractivity (Wildman–Crippen MR) is 100 cm³/mol. The van der Waals surface area contributed by atoms with Gasteiger partial charge in [-0.3, -0.25) is 9.36 Å². The van der Waals surface area contributed by atoms with E-state index in [4.69, 9.17) is 27.9 Å². The van der Waals surface area contributed by atoms with Gasteiger partial charge in [0.15, 0.2) is 5.82 Å². The van der Waals surface area contributed by atoms with Crippen LogP contribution in [0.2, 0.25) is 10.0 Å².